The smallest absolute Gasteiger partial charge is 0.132 e. The van der Waals surface area contributed by atoms with Crippen LogP contribution in [0.3, 0.4) is 0 Å². The molecule has 0 amide bonds. The van der Waals surface area contributed by atoms with Crippen LogP contribution in [0.1, 0.15) is 110 Å². The predicted molar refractivity (Wildman–Crippen MR) is 134 cm³/mol. The van der Waals surface area contributed by atoms with Gasteiger partial charge in [-0.15, -0.1) is 0 Å². The maximum atomic E-state index is 10.6. The van der Waals surface area contributed by atoms with Crippen LogP contribution >= 0.6 is 0 Å². The van der Waals surface area contributed by atoms with Gasteiger partial charge in [0, 0.05) is 24.2 Å². The number of hydrogen-bond donors (Lipinski definition) is 0. The maximum Gasteiger partial charge on any atom is 0.132 e. The van der Waals surface area contributed by atoms with Crippen LogP contribution in [0.4, 0.5) is 0 Å². The highest BCUT2D eigenvalue weighted by Gasteiger charge is 2.11. The zero-order chi connectivity index (χ0) is 26.1. The van der Waals surface area contributed by atoms with Crippen molar-refractivity contribution in [1.82, 2.24) is 0 Å². The van der Waals surface area contributed by atoms with Crippen molar-refractivity contribution in [1.29, 1.82) is 0 Å². The first kappa shape index (κ1) is 37.0. The Hall–Kier alpha value is -1.32. The van der Waals surface area contributed by atoms with Crippen molar-refractivity contribution in [3.05, 3.63) is 0 Å². The molecule has 0 radical (unpaired) electrons. The summed E-state index contributed by atoms with van der Waals surface area (Å²) in [5.74, 6) is 3.86. The fraction of sp³-hybridized carbons (Fsp3) is 0.852. The Labute approximate surface area is 194 Å². The molecule has 0 aromatic heterocycles. The second-order valence-electron chi connectivity index (χ2n) is 10.2. The fourth-order valence-electron chi connectivity index (χ4n) is 1.98. The lowest BCUT2D eigenvalue weighted by Gasteiger charge is -2.09. The second kappa shape index (κ2) is 20.6. The number of carbonyl (C=O) groups is 4. The molecule has 0 aromatic carbocycles. The molecule has 0 N–H and O–H groups in total. The normalized spacial score (nSPS) is 13.1. The topological polar surface area (TPSA) is 68.3 Å². The molecule has 0 rings (SSSR count). The van der Waals surface area contributed by atoms with E-state index < -0.39 is 0 Å². The average Bonchev–Trinajstić information content (AvgIpc) is 2.59. The molecular weight excluding hydrogens is 388 g/mol. The van der Waals surface area contributed by atoms with Gasteiger partial charge in [0.25, 0.3) is 0 Å². The standard InChI is InChI=1S/3C7H14O.C6H12O/c3*1-5(2)6(3)7(4)8;1-5(2)4-6(3)7/h3*5-6H,1-4H3;5H,4H2,1-3H3/t2*6-;;/m10../s1. The lowest BCUT2D eigenvalue weighted by molar-refractivity contribution is -0.122. The summed E-state index contributed by atoms with van der Waals surface area (Å²) in [6, 6.07) is 0. The lowest BCUT2D eigenvalue weighted by atomic mass is 9.95. The molecule has 0 fully saturated rings. The number of rotatable bonds is 8. The molecule has 0 spiro atoms. The molecule has 0 saturated heterocycles. The van der Waals surface area contributed by atoms with E-state index in [2.05, 4.69) is 41.5 Å². The Morgan fingerprint density at radius 1 is 0.452 bits per heavy atom. The first-order valence-corrected chi connectivity index (χ1v) is 11.8. The van der Waals surface area contributed by atoms with Crippen LogP contribution in [-0.2, 0) is 19.2 Å². The molecule has 0 bridgehead atoms. The third-order valence-electron chi connectivity index (χ3n) is 5.62. The van der Waals surface area contributed by atoms with Gasteiger partial charge < -0.3 is 4.79 Å². The number of ketones is 4. The minimum Gasteiger partial charge on any atom is -0.300 e. The molecule has 0 aromatic rings. The Balaban J connectivity index is -0.000000157. The third kappa shape index (κ3) is 28.7. The van der Waals surface area contributed by atoms with E-state index >= 15 is 0 Å². The summed E-state index contributed by atoms with van der Waals surface area (Å²) in [5, 5.41) is 0. The molecule has 31 heavy (non-hydrogen) atoms. The van der Waals surface area contributed by atoms with E-state index in [9.17, 15) is 19.2 Å². The van der Waals surface area contributed by atoms with Crippen molar-refractivity contribution in [2.45, 2.75) is 110 Å². The SMILES string of the molecule is CC(=O)C(C)C(C)C.CC(=O)CC(C)C.CC(=O)[C@@H](C)C(C)C.CC(=O)[C@H](C)C(C)C. The molecule has 0 aliphatic carbocycles. The highest BCUT2D eigenvalue weighted by molar-refractivity contribution is 5.78. The van der Waals surface area contributed by atoms with Crippen molar-refractivity contribution in [2.24, 2.45) is 41.4 Å². The van der Waals surface area contributed by atoms with E-state index in [0.717, 1.165) is 6.42 Å². The number of hydrogen-bond acceptors (Lipinski definition) is 4. The first-order valence-electron chi connectivity index (χ1n) is 11.8. The highest BCUT2D eigenvalue weighted by Crippen LogP contribution is 2.10. The summed E-state index contributed by atoms with van der Waals surface area (Å²) >= 11 is 0. The lowest BCUT2D eigenvalue weighted by Crippen LogP contribution is -2.12. The number of carbonyl (C=O) groups excluding carboxylic acids is 4. The van der Waals surface area contributed by atoms with Crippen LogP contribution in [0.2, 0.25) is 0 Å². The molecule has 0 saturated carbocycles. The van der Waals surface area contributed by atoms with Gasteiger partial charge in [0.2, 0.25) is 0 Å². The van der Waals surface area contributed by atoms with E-state index in [4.69, 9.17) is 0 Å². The summed E-state index contributed by atoms with van der Waals surface area (Å²) in [7, 11) is 0. The molecule has 3 atom stereocenters. The largest absolute Gasteiger partial charge is 0.300 e. The van der Waals surface area contributed by atoms with Gasteiger partial charge in [-0.1, -0.05) is 76.2 Å². The van der Waals surface area contributed by atoms with Crippen LogP contribution in [0.15, 0.2) is 0 Å². The maximum absolute atomic E-state index is 10.6. The number of Topliss-reactive ketones (excluding diaryl/α,β-unsaturated/α-hetero) is 4. The minimum atomic E-state index is 0.231. The summed E-state index contributed by atoms with van der Waals surface area (Å²) < 4.78 is 0. The second-order valence-corrected chi connectivity index (χ2v) is 10.2. The minimum absolute atomic E-state index is 0.231. The zero-order valence-electron chi connectivity index (χ0n) is 23.4. The fourth-order valence-corrected chi connectivity index (χ4v) is 1.98. The highest BCUT2D eigenvalue weighted by atomic mass is 16.1. The van der Waals surface area contributed by atoms with E-state index in [1.807, 2.05) is 34.6 Å². The molecule has 4 heteroatoms. The van der Waals surface area contributed by atoms with Crippen molar-refractivity contribution in [2.75, 3.05) is 0 Å². The van der Waals surface area contributed by atoms with Gasteiger partial charge >= 0.3 is 0 Å². The molecule has 0 aliphatic heterocycles. The molecule has 1 unspecified atom stereocenters. The van der Waals surface area contributed by atoms with Crippen LogP contribution in [-0.4, -0.2) is 23.1 Å². The van der Waals surface area contributed by atoms with Gasteiger partial charge in [-0.05, 0) is 51.4 Å². The van der Waals surface area contributed by atoms with Gasteiger partial charge in [0.1, 0.15) is 23.1 Å². The zero-order valence-corrected chi connectivity index (χ0v) is 23.4. The monoisotopic (exact) mass is 442 g/mol. The van der Waals surface area contributed by atoms with Crippen LogP contribution < -0.4 is 0 Å². The quantitative estimate of drug-likeness (QED) is 0.398. The van der Waals surface area contributed by atoms with Gasteiger partial charge in [-0.25, -0.2) is 0 Å². The van der Waals surface area contributed by atoms with Crippen molar-refractivity contribution in [3.63, 3.8) is 0 Å². The van der Waals surface area contributed by atoms with E-state index in [1.165, 1.54) is 0 Å². The Kier molecular flexibility index (Phi) is 24.6. The van der Waals surface area contributed by atoms with Crippen molar-refractivity contribution >= 4 is 23.1 Å². The van der Waals surface area contributed by atoms with Gasteiger partial charge in [0.15, 0.2) is 0 Å². The molecule has 0 aliphatic rings. The predicted octanol–water partition coefficient (Wildman–Crippen LogP) is 7.22. The van der Waals surface area contributed by atoms with E-state index in [-0.39, 0.29) is 23.5 Å². The Morgan fingerprint density at radius 3 is 0.645 bits per heavy atom. The van der Waals surface area contributed by atoms with Crippen LogP contribution in [0, 0.1) is 41.4 Å². The van der Waals surface area contributed by atoms with E-state index in [1.54, 1.807) is 27.7 Å². The van der Waals surface area contributed by atoms with Gasteiger partial charge in [-0.3, -0.25) is 14.4 Å². The molecule has 186 valence electrons. The van der Waals surface area contributed by atoms with Crippen LogP contribution in [0.25, 0.3) is 0 Å². The van der Waals surface area contributed by atoms with Crippen molar-refractivity contribution in [3.8, 4) is 0 Å². The Bertz CT molecular complexity index is 444. The summed E-state index contributed by atoms with van der Waals surface area (Å²) in [6.45, 7) is 28.9. The average molecular weight is 443 g/mol. The molecule has 4 nitrogen and oxygen atoms in total. The summed E-state index contributed by atoms with van der Waals surface area (Å²) in [4.78, 5) is 42.0. The van der Waals surface area contributed by atoms with E-state index in [0.29, 0.717) is 41.0 Å². The van der Waals surface area contributed by atoms with Crippen molar-refractivity contribution < 1.29 is 19.2 Å². The summed E-state index contributed by atoms with van der Waals surface area (Å²) in [6.07, 6.45) is 0.722. The summed E-state index contributed by atoms with van der Waals surface area (Å²) in [5.41, 5.74) is 0. The third-order valence-corrected chi connectivity index (χ3v) is 5.62. The molecular formula is C27H54O4. The van der Waals surface area contributed by atoms with Crippen LogP contribution in [0.5, 0.6) is 0 Å². The van der Waals surface area contributed by atoms with Gasteiger partial charge in [-0.2, -0.15) is 0 Å². The molecule has 0 heterocycles. The first-order chi connectivity index (χ1) is 13.8. The Morgan fingerprint density at radius 2 is 0.645 bits per heavy atom. The van der Waals surface area contributed by atoms with Gasteiger partial charge in [0.05, 0.1) is 0 Å².